The van der Waals surface area contributed by atoms with Crippen LogP contribution in [0.2, 0.25) is 5.02 Å². The van der Waals surface area contributed by atoms with Crippen molar-refractivity contribution in [3.05, 3.63) is 70.2 Å². The number of aliphatic carboxylic acids is 1. The number of piperidine rings is 1. The number of nitrogens with one attached hydrogen (secondary N) is 2. The van der Waals surface area contributed by atoms with E-state index in [1.54, 1.807) is 6.92 Å². The van der Waals surface area contributed by atoms with E-state index < -0.39 is 18.2 Å². The van der Waals surface area contributed by atoms with E-state index >= 15 is 0 Å². The molecule has 1 unspecified atom stereocenters. The molecule has 3 aliphatic heterocycles. The number of rotatable bonds is 9. The summed E-state index contributed by atoms with van der Waals surface area (Å²) in [5.74, 6) is -2.23. The minimum atomic E-state index is -5.08. The summed E-state index contributed by atoms with van der Waals surface area (Å²) in [5, 5.41) is 14.3. The van der Waals surface area contributed by atoms with Crippen molar-refractivity contribution < 1.29 is 37.5 Å². The van der Waals surface area contributed by atoms with Crippen LogP contribution in [0, 0.1) is 5.92 Å². The number of carbonyl (C=O) groups excluding carboxylic acids is 3. The summed E-state index contributed by atoms with van der Waals surface area (Å²) in [7, 11) is 0. The Kier molecular flexibility index (Phi) is 13.3. The fourth-order valence-electron chi connectivity index (χ4n) is 7.32. The van der Waals surface area contributed by atoms with Crippen molar-refractivity contribution in [2.24, 2.45) is 5.92 Å². The van der Waals surface area contributed by atoms with Gasteiger partial charge in [0.25, 0.3) is 0 Å². The van der Waals surface area contributed by atoms with E-state index in [9.17, 15) is 27.6 Å². The number of fused-ring (bicyclic) bond motifs is 1. The number of amides is 3. The Morgan fingerprint density at radius 1 is 0.960 bits per heavy atom. The molecule has 274 valence electrons. The number of alkyl halides is 3. The van der Waals surface area contributed by atoms with Crippen molar-refractivity contribution in [3.8, 4) is 0 Å². The minimum Gasteiger partial charge on any atom is -0.475 e. The average Bonchev–Trinajstić information content (AvgIpc) is 3.47. The van der Waals surface area contributed by atoms with Crippen LogP contribution in [0.3, 0.4) is 0 Å². The van der Waals surface area contributed by atoms with Crippen LogP contribution in [0.25, 0.3) is 0 Å². The summed E-state index contributed by atoms with van der Waals surface area (Å²) in [5.41, 5.74) is 3.38. The molecule has 2 aromatic carbocycles. The number of likely N-dealkylation sites (tertiary alicyclic amines) is 1. The predicted molar refractivity (Wildman–Crippen MR) is 183 cm³/mol. The van der Waals surface area contributed by atoms with Gasteiger partial charge in [0.1, 0.15) is 6.04 Å². The minimum absolute atomic E-state index is 0.0351. The summed E-state index contributed by atoms with van der Waals surface area (Å²) >= 11 is 6.12. The van der Waals surface area contributed by atoms with E-state index in [0.717, 1.165) is 63.1 Å². The molecule has 0 spiro atoms. The molecule has 2 aromatic rings. The topological polar surface area (TPSA) is 122 Å². The van der Waals surface area contributed by atoms with Crippen LogP contribution in [0.1, 0.15) is 69.2 Å². The van der Waals surface area contributed by atoms with E-state index in [1.807, 2.05) is 46.2 Å². The van der Waals surface area contributed by atoms with Crippen molar-refractivity contribution in [2.45, 2.75) is 83.2 Å². The molecule has 5 rings (SSSR count). The van der Waals surface area contributed by atoms with Gasteiger partial charge in [0.2, 0.25) is 17.7 Å². The van der Waals surface area contributed by atoms with Gasteiger partial charge in [-0.05, 0) is 54.0 Å². The highest BCUT2D eigenvalue weighted by molar-refractivity contribution is 6.30. The molecule has 2 atom stereocenters. The van der Waals surface area contributed by atoms with Gasteiger partial charge in [-0.25, -0.2) is 4.79 Å². The zero-order valence-corrected chi connectivity index (χ0v) is 29.5. The second-order valence-corrected chi connectivity index (χ2v) is 14.2. The van der Waals surface area contributed by atoms with Crippen molar-refractivity contribution in [1.29, 1.82) is 0 Å². The molecule has 14 heteroatoms. The van der Waals surface area contributed by atoms with Crippen LogP contribution in [-0.2, 0) is 32.1 Å². The molecule has 2 fully saturated rings. The molecular formula is C36H47ClF3N5O5. The Morgan fingerprint density at radius 3 is 2.12 bits per heavy atom. The Hall–Kier alpha value is -3.68. The lowest BCUT2D eigenvalue weighted by Gasteiger charge is -2.52. The number of carbonyl (C=O) groups is 4. The highest BCUT2D eigenvalue weighted by Crippen LogP contribution is 2.36. The van der Waals surface area contributed by atoms with Crippen molar-refractivity contribution >= 4 is 35.3 Å². The van der Waals surface area contributed by atoms with E-state index in [0.29, 0.717) is 30.5 Å². The quantitative estimate of drug-likeness (QED) is 0.340. The monoisotopic (exact) mass is 721 g/mol. The highest BCUT2D eigenvalue weighted by atomic mass is 35.5. The van der Waals surface area contributed by atoms with Gasteiger partial charge in [-0.15, -0.1) is 0 Å². The molecule has 3 N–H and O–H groups in total. The third-order valence-corrected chi connectivity index (χ3v) is 10.0. The third kappa shape index (κ3) is 10.4. The van der Waals surface area contributed by atoms with Crippen molar-refractivity contribution in [1.82, 2.24) is 25.3 Å². The maximum Gasteiger partial charge on any atom is 0.490 e. The maximum atomic E-state index is 14.0. The lowest BCUT2D eigenvalue weighted by molar-refractivity contribution is -0.192. The van der Waals surface area contributed by atoms with E-state index in [1.165, 1.54) is 5.56 Å². The second-order valence-electron chi connectivity index (χ2n) is 13.7. The van der Waals surface area contributed by atoms with E-state index in [4.69, 9.17) is 21.5 Å². The first kappa shape index (κ1) is 39.1. The van der Waals surface area contributed by atoms with Gasteiger partial charge in [0, 0.05) is 82.2 Å². The van der Waals surface area contributed by atoms with Gasteiger partial charge >= 0.3 is 12.1 Å². The first-order valence-electron chi connectivity index (χ1n) is 17.0. The van der Waals surface area contributed by atoms with Crippen molar-refractivity contribution in [2.75, 3.05) is 39.3 Å². The first-order valence-corrected chi connectivity index (χ1v) is 17.4. The molecule has 0 bridgehead atoms. The van der Waals surface area contributed by atoms with Gasteiger partial charge in [0.05, 0.1) is 0 Å². The molecule has 3 heterocycles. The molecular weight excluding hydrogens is 675 g/mol. The second kappa shape index (κ2) is 17.0. The molecule has 50 heavy (non-hydrogen) atoms. The number of piperazine rings is 1. The summed E-state index contributed by atoms with van der Waals surface area (Å²) in [4.78, 5) is 54.7. The van der Waals surface area contributed by atoms with E-state index in [-0.39, 0.29) is 35.7 Å². The molecule has 0 radical (unpaired) electrons. The largest absolute Gasteiger partial charge is 0.490 e. The number of carboxylic acids is 1. The SMILES string of the molecule is CC(=O)N1CCC(CC(C)C)(N2CCN(C(=O)[C@@H](Cc3ccc(Cl)cc3)NC(=O)CC3NCc4ccccc43)CC2)CC1.O=C(O)C(F)(F)F. The number of halogens is 4. The zero-order valence-electron chi connectivity index (χ0n) is 28.8. The molecule has 0 aromatic heterocycles. The summed E-state index contributed by atoms with van der Waals surface area (Å²) in [6, 6.07) is 15.0. The standard InChI is InChI=1S/C34H46ClN5O3.C2HF3O2/c1-24(2)22-34(12-14-38(15-13-34)25(3)41)40-18-16-39(17-19-40)33(43)31(20-26-8-10-28(35)11-9-26)37-32(42)21-30-29-7-5-4-6-27(29)23-36-30;3-2(4,5)1(6)7/h4-11,24,30-31,36H,12-23H2,1-3H3,(H,37,42);(H,6,7)/t30?,31-;/m1./s1. The van der Waals surface area contributed by atoms with Crippen LogP contribution in [0.4, 0.5) is 13.2 Å². The predicted octanol–water partition coefficient (Wildman–Crippen LogP) is 4.81. The molecule has 0 aliphatic carbocycles. The molecule has 10 nitrogen and oxygen atoms in total. The normalized spacial score (nSPS) is 19.6. The van der Waals surface area contributed by atoms with Crippen LogP contribution < -0.4 is 10.6 Å². The average molecular weight is 722 g/mol. The van der Waals surface area contributed by atoms with Gasteiger partial charge in [-0.2, -0.15) is 13.2 Å². The smallest absolute Gasteiger partial charge is 0.475 e. The van der Waals surface area contributed by atoms with Gasteiger partial charge < -0.3 is 25.5 Å². The van der Waals surface area contributed by atoms with Gasteiger partial charge in [-0.1, -0.05) is 61.8 Å². The number of carboxylic acid groups (broad SMARTS) is 1. The lowest BCUT2D eigenvalue weighted by atomic mass is 9.78. The summed E-state index contributed by atoms with van der Waals surface area (Å²) in [6.45, 7) is 11.3. The fourth-order valence-corrected chi connectivity index (χ4v) is 7.45. The Balaban J connectivity index is 0.000000727. The summed E-state index contributed by atoms with van der Waals surface area (Å²) < 4.78 is 31.7. The van der Waals surface area contributed by atoms with Crippen LogP contribution >= 0.6 is 11.6 Å². The Morgan fingerprint density at radius 2 is 1.56 bits per heavy atom. The number of benzene rings is 2. The van der Waals surface area contributed by atoms with Crippen LogP contribution in [0.15, 0.2) is 48.5 Å². The summed E-state index contributed by atoms with van der Waals surface area (Å²) in [6.07, 6.45) is -1.38. The fraction of sp³-hybridized carbons (Fsp3) is 0.556. The molecule has 0 saturated carbocycles. The Labute approximate surface area is 296 Å². The Bertz CT molecular complexity index is 1490. The first-order chi connectivity index (χ1) is 23.6. The molecule has 3 aliphatic rings. The number of nitrogens with zero attached hydrogens (tertiary/aromatic N) is 3. The molecule has 3 amide bonds. The van der Waals surface area contributed by atoms with E-state index in [2.05, 4.69) is 41.5 Å². The highest BCUT2D eigenvalue weighted by Gasteiger charge is 2.43. The maximum absolute atomic E-state index is 14.0. The number of hydrogen-bond acceptors (Lipinski definition) is 6. The van der Waals surface area contributed by atoms with Crippen molar-refractivity contribution in [3.63, 3.8) is 0 Å². The number of hydrogen-bond donors (Lipinski definition) is 3. The van der Waals surface area contributed by atoms with Crippen LogP contribution in [0.5, 0.6) is 0 Å². The lowest BCUT2D eigenvalue weighted by Crippen LogP contribution is -2.63. The molecule has 2 saturated heterocycles. The van der Waals surface area contributed by atoms with Gasteiger partial charge in [0.15, 0.2) is 0 Å². The van der Waals surface area contributed by atoms with Crippen LogP contribution in [-0.4, -0.2) is 101 Å². The third-order valence-electron chi connectivity index (χ3n) is 9.78. The zero-order chi connectivity index (χ0) is 36.6. The van der Waals surface area contributed by atoms with Gasteiger partial charge in [-0.3, -0.25) is 19.3 Å².